The Kier molecular flexibility index (Phi) is 5.92. The normalized spacial score (nSPS) is 17.9. The highest BCUT2D eigenvalue weighted by Crippen LogP contribution is 2.38. The summed E-state index contributed by atoms with van der Waals surface area (Å²) in [7, 11) is 0. The molecule has 29 heavy (non-hydrogen) atoms. The van der Waals surface area contributed by atoms with E-state index in [0.717, 1.165) is 24.1 Å². The molecule has 0 fully saturated rings. The molecule has 0 aliphatic carbocycles. The van der Waals surface area contributed by atoms with Crippen LogP contribution in [0.2, 0.25) is 0 Å². The van der Waals surface area contributed by atoms with Gasteiger partial charge >= 0.3 is 6.09 Å². The molecule has 158 valence electrons. The van der Waals surface area contributed by atoms with Gasteiger partial charge in [0.2, 0.25) is 5.91 Å². The van der Waals surface area contributed by atoms with Crippen molar-refractivity contribution in [1.29, 1.82) is 0 Å². The van der Waals surface area contributed by atoms with Gasteiger partial charge < -0.3 is 19.9 Å². The van der Waals surface area contributed by atoms with Crippen LogP contribution in [-0.2, 0) is 16.0 Å². The quantitative estimate of drug-likeness (QED) is 0.792. The number of aromatic nitrogens is 1. The number of ether oxygens (including phenoxy) is 1. The zero-order valence-electron chi connectivity index (χ0n) is 18.3. The van der Waals surface area contributed by atoms with Gasteiger partial charge in [-0.2, -0.15) is 0 Å². The number of rotatable bonds is 4. The third-order valence-electron chi connectivity index (χ3n) is 5.24. The third kappa shape index (κ3) is 4.74. The Balaban J connectivity index is 1.84. The number of fused-ring (bicyclic) bond motifs is 3. The van der Waals surface area contributed by atoms with Crippen molar-refractivity contribution in [2.24, 2.45) is 5.92 Å². The average molecular weight is 400 g/mol. The van der Waals surface area contributed by atoms with Gasteiger partial charge in [0.25, 0.3) is 0 Å². The lowest BCUT2D eigenvalue weighted by atomic mass is 9.91. The number of amides is 2. The van der Waals surface area contributed by atoms with Crippen molar-refractivity contribution in [3.8, 4) is 0 Å². The maximum absolute atomic E-state index is 13.3. The zero-order valence-corrected chi connectivity index (χ0v) is 18.3. The van der Waals surface area contributed by atoms with Crippen molar-refractivity contribution in [2.45, 2.75) is 72.1 Å². The molecule has 3 rings (SSSR count). The Morgan fingerprint density at radius 3 is 2.59 bits per heavy atom. The number of benzene rings is 1. The van der Waals surface area contributed by atoms with Crippen LogP contribution >= 0.6 is 0 Å². The fraction of sp³-hybridized carbons (Fsp3) is 0.565. The van der Waals surface area contributed by atoms with Crippen LogP contribution in [0.25, 0.3) is 10.9 Å². The lowest BCUT2D eigenvalue weighted by Gasteiger charge is -2.38. The zero-order chi connectivity index (χ0) is 21.3. The molecule has 2 aromatic rings. The second-order valence-electron chi connectivity index (χ2n) is 9.36. The molecule has 2 heterocycles. The first-order valence-corrected chi connectivity index (χ1v) is 10.5. The average Bonchev–Trinajstić information content (AvgIpc) is 2.98. The second kappa shape index (κ2) is 8.09. The first kappa shape index (κ1) is 21.2. The molecule has 0 spiro atoms. The van der Waals surface area contributed by atoms with Gasteiger partial charge in [-0.1, -0.05) is 32.0 Å². The summed E-state index contributed by atoms with van der Waals surface area (Å²) in [4.78, 5) is 30.9. The maximum Gasteiger partial charge on any atom is 0.408 e. The Labute approximate surface area is 173 Å². The van der Waals surface area contributed by atoms with Gasteiger partial charge in [-0.05, 0) is 58.1 Å². The minimum absolute atomic E-state index is 0.0264. The number of H-pyrrole nitrogens is 1. The van der Waals surface area contributed by atoms with Gasteiger partial charge in [0, 0.05) is 23.1 Å². The van der Waals surface area contributed by atoms with Crippen LogP contribution in [0.1, 0.15) is 65.3 Å². The van der Waals surface area contributed by atoms with Gasteiger partial charge in [-0.15, -0.1) is 0 Å². The molecular weight excluding hydrogens is 366 g/mol. The molecule has 2 atom stereocenters. The van der Waals surface area contributed by atoms with Crippen molar-refractivity contribution in [1.82, 2.24) is 15.2 Å². The highest BCUT2D eigenvalue weighted by molar-refractivity contribution is 5.88. The number of hydrogen-bond acceptors (Lipinski definition) is 3. The molecule has 2 N–H and O–H groups in total. The van der Waals surface area contributed by atoms with E-state index >= 15 is 0 Å². The van der Waals surface area contributed by atoms with E-state index in [2.05, 4.69) is 42.3 Å². The number of aromatic amines is 1. The van der Waals surface area contributed by atoms with E-state index in [9.17, 15) is 9.59 Å². The Morgan fingerprint density at radius 2 is 1.93 bits per heavy atom. The van der Waals surface area contributed by atoms with Gasteiger partial charge in [0.15, 0.2) is 0 Å². The summed E-state index contributed by atoms with van der Waals surface area (Å²) in [6.45, 7) is 12.1. The van der Waals surface area contributed by atoms with E-state index in [0.29, 0.717) is 12.5 Å². The number of carbonyl (C=O) groups is 2. The standard InChI is InChI=1S/C23H33N3O3/c1-14(2)13-19-20-17(16-9-7-8-10-18(16)25-20)11-12-26(19)21(27)15(3)24-22(28)29-23(4,5)6/h7-10,14-15,19,25H,11-13H2,1-6H3,(H,24,28)/t15-,19?/m0/s1. The number of alkyl carbamates (subject to hydrolysis) is 1. The van der Waals surface area contributed by atoms with Crippen molar-refractivity contribution in [3.05, 3.63) is 35.5 Å². The summed E-state index contributed by atoms with van der Waals surface area (Å²) in [5.41, 5.74) is 2.95. The maximum atomic E-state index is 13.3. The number of nitrogens with one attached hydrogen (secondary N) is 2. The van der Waals surface area contributed by atoms with Crippen molar-refractivity contribution >= 4 is 22.9 Å². The fourth-order valence-electron chi connectivity index (χ4n) is 4.07. The van der Waals surface area contributed by atoms with E-state index in [1.165, 1.54) is 10.9 Å². The third-order valence-corrected chi connectivity index (χ3v) is 5.24. The minimum atomic E-state index is -0.648. The summed E-state index contributed by atoms with van der Waals surface area (Å²) >= 11 is 0. The Bertz CT molecular complexity index is 894. The Morgan fingerprint density at radius 1 is 1.24 bits per heavy atom. The smallest absolute Gasteiger partial charge is 0.408 e. The van der Waals surface area contributed by atoms with E-state index in [1.807, 2.05) is 11.0 Å². The molecule has 6 nitrogen and oxygen atoms in total. The summed E-state index contributed by atoms with van der Waals surface area (Å²) in [6.07, 6.45) is 1.10. The minimum Gasteiger partial charge on any atom is -0.444 e. The molecule has 0 saturated carbocycles. The first-order valence-electron chi connectivity index (χ1n) is 10.5. The summed E-state index contributed by atoms with van der Waals surface area (Å²) in [5, 5.41) is 3.93. The van der Waals surface area contributed by atoms with Crippen molar-refractivity contribution in [2.75, 3.05) is 6.54 Å². The van der Waals surface area contributed by atoms with Crippen LogP contribution in [0.3, 0.4) is 0 Å². The van der Waals surface area contributed by atoms with Crippen molar-refractivity contribution in [3.63, 3.8) is 0 Å². The lowest BCUT2D eigenvalue weighted by Crippen LogP contribution is -2.51. The topological polar surface area (TPSA) is 74.4 Å². The Hall–Kier alpha value is -2.50. The lowest BCUT2D eigenvalue weighted by molar-refractivity contribution is -0.136. The summed E-state index contributed by atoms with van der Waals surface area (Å²) in [5.74, 6) is 0.354. The van der Waals surface area contributed by atoms with E-state index in [-0.39, 0.29) is 11.9 Å². The largest absolute Gasteiger partial charge is 0.444 e. The van der Waals surface area contributed by atoms with Gasteiger partial charge in [-0.3, -0.25) is 4.79 Å². The number of para-hydroxylation sites is 1. The van der Waals surface area contributed by atoms with Gasteiger partial charge in [-0.25, -0.2) is 4.79 Å². The number of hydrogen-bond donors (Lipinski definition) is 2. The monoisotopic (exact) mass is 399 g/mol. The molecule has 1 aliphatic rings. The molecule has 1 aromatic carbocycles. The molecule has 0 radical (unpaired) electrons. The molecule has 1 aliphatic heterocycles. The summed E-state index contributed by atoms with van der Waals surface area (Å²) in [6, 6.07) is 7.63. The molecule has 2 amide bonds. The van der Waals surface area contributed by atoms with E-state index < -0.39 is 17.7 Å². The molecule has 6 heteroatoms. The molecule has 1 aromatic heterocycles. The van der Waals surface area contributed by atoms with Crippen LogP contribution in [0.15, 0.2) is 24.3 Å². The van der Waals surface area contributed by atoms with Crippen LogP contribution in [0.4, 0.5) is 4.79 Å². The highest BCUT2D eigenvalue weighted by Gasteiger charge is 2.36. The van der Waals surface area contributed by atoms with Crippen LogP contribution in [-0.4, -0.2) is 40.1 Å². The highest BCUT2D eigenvalue weighted by atomic mass is 16.6. The first-order chi connectivity index (χ1) is 13.6. The fourth-order valence-corrected chi connectivity index (χ4v) is 4.07. The number of carbonyl (C=O) groups excluding carboxylic acids is 2. The van der Waals surface area contributed by atoms with Crippen LogP contribution in [0, 0.1) is 5.92 Å². The van der Waals surface area contributed by atoms with Crippen LogP contribution < -0.4 is 5.32 Å². The van der Waals surface area contributed by atoms with Crippen molar-refractivity contribution < 1.29 is 14.3 Å². The van der Waals surface area contributed by atoms with Gasteiger partial charge in [0.05, 0.1) is 6.04 Å². The predicted molar refractivity (Wildman–Crippen MR) is 115 cm³/mol. The second-order valence-corrected chi connectivity index (χ2v) is 9.36. The predicted octanol–water partition coefficient (Wildman–Crippen LogP) is 4.55. The van der Waals surface area contributed by atoms with E-state index in [4.69, 9.17) is 4.74 Å². The summed E-state index contributed by atoms with van der Waals surface area (Å²) < 4.78 is 5.31. The molecule has 1 unspecified atom stereocenters. The SMILES string of the molecule is CC(C)CC1c2[nH]c3ccccc3c2CCN1C(=O)[C@H](C)NC(=O)OC(C)(C)C. The van der Waals surface area contributed by atoms with E-state index in [1.54, 1.807) is 27.7 Å². The number of nitrogens with zero attached hydrogens (tertiary/aromatic N) is 1. The van der Waals surface area contributed by atoms with Gasteiger partial charge in [0.1, 0.15) is 11.6 Å². The molecule has 0 bridgehead atoms. The van der Waals surface area contributed by atoms with Crippen LogP contribution in [0.5, 0.6) is 0 Å². The molecule has 0 saturated heterocycles. The molecular formula is C23H33N3O3.